The van der Waals surface area contributed by atoms with Crippen LogP contribution in [0.5, 0.6) is 0 Å². The molecule has 19 heavy (non-hydrogen) atoms. The van der Waals surface area contributed by atoms with Crippen molar-refractivity contribution in [3.05, 3.63) is 42.1 Å². The van der Waals surface area contributed by atoms with Crippen molar-refractivity contribution < 1.29 is 4.74 Å². The van der Waals surface area contributed by atoms with Crippen molar-refractivity contribution in [2.45, 2.75) is 12.1 Å². The van der Waals surface area contributed by atoms with E-state index in [4.69, 9.17) is 4.74 Å². The third-order valence-electron chi connectivity index (χ3n) is 3.54. The summed E-state index contributed by atoms with van der Waals surface area (Å²) < 4.78 is 5.93. The first-order valence-electron chi connectivity index (χ1n) is 6.60. The lowest BCUT2D eigenvalue weighted by Crippen LogP contribution is -2.36. The summed E-state index contributed by atoms with van der Waals surface area (Å²) in [7, 11) is 2.00. The fraction of sp³-hybridized carbons (Fsp3) is 0.400. The van der Waals surface area contributed by atoms with Crippen molar-refractivity contribution in [3.63, 3.8) is 0 Å². The molecule has 3 nitrogen and oxygen atoms in total. The van der Waals surface area contributed by atoms with Crippen molar-refractivity contribution in [2.24, 2.45) is 0 Å². The summed E-state index contributed by atoms with van der Waals surface area (Å²) in [6.45, 7) is 0.844. The van der Waals surface area contributed by atoms with Gasteiger partial charge in [-0.2, -0.15) is 11.8 Å². The molecule has 3 rings (SSSR count). The predicted octanol–water partition coefficient (Wildman–Crippen LogP) is 2.63. The first-order valence-corrected chi connectivity index (χ1v) is 7.76. The van der Waals surface area contributed by atoms with Gasteiger partial charge in [0.2, 0.25) is 0 Å². The minimum Gasteiger partial charge on any atom is -0.375 e. The van der Waals surface area contributed by atoms with Gasteiger partial charge in [0.05, 0.1) is 24.3 Å². The zero-order valence-electron chi connectivity index (χ0n) is 11.0. The van der Waals surface area contributed by atoms with Gasteiger partial charge in [-0.3, -0.25) is 4.98 Å². The van der Waals surface area contributed by atoms with Crippen LogP contribution < -0.4 is 5.32 Å². The molecular formula is C15H18N2OS. The molecule has 2 aromatic rings. The van der Waals surface area contributed by atoms with Crippen LogP contribution in [0.15, 0.2) is 36.5 Å². The second-order valence-electron chi connectivity index (χ2n) is 4.67. The van der Waals surface area contributed by atoms with E-state index in [0.717, 1.165) is 23.6 Å². The lowest BCUT2D eigenvalue weighted by Gasteiger charge is -2.30. The molecule has 0 radical (unpaired) electrons. The van der Waals surface area contributed by atoms with Gasteiger partial charge in [-0.15, -0.1) is 0 Å². The molecule has 1 fully saturated rings. The molecule has 100 valence electrons. The van der Waals surface area contributed by atoms with Crippen LogP contribution in [-0.4, -0.2) is 36.2 Å². The highest BCUT2D eigenvalue weighted by Crippen LogP contribution is 2.29. The molecule has 1 N–H and O–H groups in total. The Labute approximate surface area is 117 Å². The van der Waals surface area contributed by atoms with E-state index in [9.17, 15) is 0 Å². The molecule has 0 aliphatic carbocycles. The van der Waals surface area contributed by atoms with Gasteiger partial charge in [-0.1, -0.05) is 18.2 Å². The summed E-state index contributed by atoms with van der Waals surface area (Å²) in [6, 6.07) is 10.7. The van der Waals surface area contributed by atoms with E-state index >= 15 is 0 Å². The van der Waals surface area contributed by atoms with Gasteiger partial charge in [-0.25, -0.2) is 0 Å². The number of aromatic nitrogens is 1. The van der Waals surface area contributed by atoms with Crippen molar-refractivity contribution in [1.29, 1.82) is 0 Å². The third-order valence-corrected chi connectivity index (χ3v) is 4.56. The normalized spacial score (nSPS) is 21.4. The maximum Gasteiger partial charge on any atom is 0.0860 e. The number of thioether (sulfide) groups is 1. The molecule has 1 aliphatic rings. The van der Waals surface area contributed by atoms with E-state index in [1.807, 2.05) is 31.1 Å². The number of nitrogens with zero attached hydrogens (tertiary/aromatic N) is 1. The van der Waals surface area contributed by atoms with Crippen LogP contribution in [0.3, 0.4) is 0 Å². The highest BCUT2D eigenvalue weighted by molar-refractivity contribution is 7.99. The van der Waals surface area contributed by atoms with E-state index in [0.29, 0.717) is 0 Å². The molecule has 4 heteroatoms. The smallest absolute Gasteiger partial charge is 0.0860 e. The molecular weight excluding hydrogens is 256 g/mol. The number of fused-ring (bicyclic) bond motifs is 1. The molecule has 1 saturated heterocycles. The largest absolute Gasteiger partial charge is 0.375 e. The first kappa shape index (κ1) is 12.9. The van der Waals surface area contributed by atoms with Gasteiger partial charge in [0, 0.05) is 23.1 Å². The van der Waals surface area contributed by atoms with E-state index in [1.165, 1.54) is 10.9 Å². The van der Waals surface area contributed by atoms with Gasteiger partial charge in [0.1, 0.15) is 0 Å². The first-order chi connectivity index (χ1) is 9.40. The number of hydrogen-bond donors (Lipinski definition) is 1. The van der Waals surface area contributed by atoms with Crippen LogP contribution >= 0.6 is 11.8 Å². The molecule has 0 spiro atoms. The second kappa shape index (κ2) is 5.90. The SMILES string of the molecule is CNC(c1cccc2ncccc12)C1CSCCO1. The molecule has 2 atom stereocenters. The van der Waals surface area contributed by atoms with Crippen molar-refractivity contribution >= 4 is 22.7 Å². The van der Waals surface area contributed by atoms with Crippen LogP contribution in [0.2, 0.25) is 0 Å². The van der Waals surface area contributed by atoms with E-state index in [-0.39, 0.29) is 12.1 Å². The van der Waals surface area contributed by atoms with E-state index in [1.54, 1.807) is 0 Å². The standard InChI is InChI=1S/C15H18N2OS/c1-16-15(14-10-19-9-8-18-14)12-4-2-6-13-11(12)5-3-7-17-13/h2-7,14-16H,8-10H2,1H3. The van der Waals surface area contributed by atoms with Crippen LogP contribution in [0, 0.1) is 0 Å². The maximum absolute atomic E-state index is 5.93. The van der Waals surface area contributed by atoms with Gasteiger partial charge < -0.3 is 10.1 Å². The zero-order chi connectivity index (χ0) is 13.1. The van der Waals surface area contributed by atoms with Gasteiger partial charge in [0.15, 0.2) is 0 Å². The number of benzene rings is 1. The highest BCUT2D eigenvalue weighted by Gasteiger charge is 2.26. The molecule has 2 heterocycles. The summed E-state index contributed by atoms with van der Waals surface area (Å²) in [4.78, 5) is 4.43. The summed E-state index contributed by atoms with van der Waals surface area (Å²) in [5.41, 5.74) is 2.32. The summed E-state index contributed by atoms with van der Waals surface area (Å²) >= 11 is 1.97. The third kappa shape index (κ3) is 2.61. The van der Waals surface area contributed by atoms with Gasteiger partial charge >= 0.3 is 0 Å². The number of ether oxygens (including phenoxy) is 1. The van der Waals surface area contributed by atoms with Crippen LogP contribution in [-0.2, 0) is 4.74 Å². The maximum atomic E-state index is 5.93. The van der Waals surface area contributed by atoms with Crippen LogP contribution in [0.4, 0.5) is 0 Å². The molecule has 1 aromatic carbocycles. The van der Waals surface area contributed by atoms with Gasteiger partial charge in [-0.05, 0) is 24.7 Å². The lowest BCUT2D eigenvalue weighted by atomic mass is 9.97. The Bertz CT molecular complexity index is 549. The molecule has 0 saturated carbocycles. The number of pyridine rings is 1. The molecule has 0 bridgehead atoms. The Morgan fingerprint density at radius 1 is 1.37 bits per heavy atom. The van der Waals surface area contributed by atoms with Gasteiger partial charge in [0.25, 0.3) is 0 Å². The average molecular weight is 274 g/mol. The Morgan fingerprint density at radius 3 is 3.11 bits per heavy atom. The zero-order valence-corrected chi connectivity index (χ0v) is 11.8. The molecule has 0 amide bonds. The summed E-state index contributed by atoms with van der Waals surface area (Å²) in [5, 5.41) is 4.63. The van der Waals surface area contributed by atoms with Crippen LogP contribution in [0.1, 0.15) is 11.6 Å². The quantitative estimate of drug-likeness (QED) is 0.933. The highest BCUT2D eigenvalue weighted by atomic mass is 32.2. The van der Waals surface area contributed by atoms with Crippen molar-refractivity contribution in [3.8, 4) is 0 Å². The van der Waals surface area contributed by atoms with Crippen molar-refractivity contribution in [2.75, 3.05) is 25.2 Å². The minimum absolute atomic E-state index is 0.223. The number of likely N-dealkylation sites (N-methyl/N-ethyl adjacent to an activating group) is 1. The monoisotopic (exact) mass is 274 g/mol. The Balaban J connectivity index is 2.00. The fourth-order valence-electron chi connectivity index (χ4n) is 2.64. The Morgan fingerprint density at radius 2 is 2.32 bits per heavy atom. The summed E-state index contributed by atoms with van der Waals surface area (Å²) in [5.74, 6) is 2.15. The second-order valence-corrected chi connectivity index (χ2v) is 5.82. The molecule has 1 aromatic heterocycles. The number of nitrogens with one attached hydrogen (secondary N) is 1. The average Bonchev–Trinajstić information content (AvgIpc) is 2.49. The Hall–Kier alpha value is -1.10. The van der Waals surface area contributed by atoms with Crippen LogP contribution in [0.25, 0.3) is 10.9 Å². The summed E-state index contributed by atoms with van der Waals surface area (Å²) in [6.07, 6.45) is 2.07. The Kier molecular flexibility index (Phi) is 4.01. The predicted molar refractivity (Wildman–Crippen MR) is 80.6 cm³/mol. The lowest BCUT2D eigenvalue weighted by molar-refractivity contribution is 0.0492. The molecule has 1 aliphatic heterocycles. The topological polar surface area (TPSA) is 34.2 Å². The number of hydrogen-bond acceptors (Lipinski definition) is 4. The van der Waals surface area contributed by atoms with Crippen molar-refractivity contribution in [1.82, 2.24) is 10.3 Å². The number of rotatable bonds is 3. The fourth-order valence-corrected chi connectivity index (χ4v) is 3.54. The van der Waals surface area contributed by atoms with E-state index in [2.05, 4.69) is 34.6 Å². The van der Waals surface area contributed by atoms with E-state index < -0.39 is 0 Å². The molecule has 2 unspecified atom stereocenters. The minimum atomic E-state index is 0.223.